The normalized spacial score (nSPS) is 8.82. The van der Waals surface area contributed by atoms with Gasteiger partial charge in [-0.15, -0.1) is 0 Å². The molecule has 0 heterocycles. The summed E-state index contributed by atoms with van der Waals surface area (Å²) in [5, 5.41) is 8.37. The van der Waals surface area contributed by atoms with Crippen molar-refractivity contribution in [3.8, 4) is 0 Å². The molecule has 0 aromatic heterocycles. The molecule has 0 amide bonds. The van der Waals surface area contributed by atoms with Crippen LogP contribution in [-0.2, 0) is 20.7 Å². The second kappa shape index (κ2) is 9.39. The minimum atomic E-state index is -0.742. The Morgan fingerprint density at radius 3 is 2.18 bits per heavy atom. The highest BCUT2D eigenvalue weighted by molar-refractivity contribution is 5.68. The zero-order valence-electron chi connectivity index (χ0n) is 10.2. The zero-order valence-corrected chi connectivity index (χ0v) is 10.2. The first kappa shape index (κ1) is 15.2. The summed E-state index contributed by atoms with van der Waals surface area (Å²) in [5.41, 5.74) is 1.08. The van der Waals surface area contributed by atoms with Crippen LogP contribution in [0.25, 0.3) is 0 Å². The van der Waals surface area contributed by atoms with Crippen molar-refractivity contribution in [1.82, 2.24) is 0 Å². The Morgan fingerprint density at radius 2 is 1.82 bits per heavy atom. The van der Waals surface area contributed by atoms with Gasteiger partial charge in [-0.3, -0.25) is 9.59 Å². The highest BCUT2D eigenvalue weighted by Gasteiger charge is 1.96. The van der Waals surface area contributed by atoms with Crippen molar-refractivity contribution in [3.63, 3.8) is 0 Å². The molecular weight excluding hydrogens is 220 g/mol. The lowest BCUT2D eigenvalue weighted by atomic mass is 10.1. The van der Waals surface area contributed by atoms with Crippen molar-refractivity contribution in [2.45, 2.75) is 26.2 Å². The molecule has 4 nitrogen and oxygen atoms in total. The number of hydrogen-bond acceptors (Lipinski definition) is 3. The predicted octanol–water partition coefficient (Wildman–Crippen LogP) is 2.27. The third-order valence-corrected chi connectivity index (χ3v) is 1.99. The topological polar surface area (TPSA) is 63.6 Å². The molecule has 1 aromatic carbocycles. The van der Waals surface area contributed by atoms with Crippen molar-refractivity contribution in [1.29, 1.82) is 0 Å². The quantitative estimate of drug-likeness (QED) is 0.817. The number of methoxy groups -OCH3 is 1. The molecule has 0 spiro atoms. The van der Waals surface area contributed by atoms with Crippen LogP contribution in [0, 0.1) is 0 Å². The molecule has 1 aromatic rings. The number of ether oxygens (including phenoxy) is 1. The predicted molar refractivity (Wildman–Crippen MR) is 64.7 cm³/mol. The molecule has 0 fully saturated rings. The van der Waals surface area contributed by atoms with Gasteiger partial charge in [-0.2, -0.15) is 0 Å². The third kappa shape index (κ3) is 9.11. The van der Waals surface area contributed by atoms with Crippen LogP contribution in [0.2, 0.25) is 0 Å². The number of carbonyl (C=O) groups excluding carboxylic acids is 1. The van der Waals surface area contributed by atoms with E-state index in [2.05, 4.69) is 4.74 Å². The van der Waals surface area contributed by atoms with Crippen molar-refractivity contribution in [3.05, 3.63) is 35.9 Å². The average Bonchev–Trinajstić information content (AvgIpc) is 2.37. The van der Waals surface area contributed by atoms with E-state index in [1.807, 2.05) is 30.3 Å². The fourth-order valence-electron chi connectivity index (χ4n) is 1.04. The molecule has 0 unspecified atom stereocenters. The number of esters is 1. The molecule has 0 saturated heterocycles. The van der Waals surface area contributed by atoms with Gasteiger partial charge in [0, 0.05) is 12.8 Å². The van der Waals surface area contributed by atoms with E-state index < -0.39 is 5.97 Å². The molecule has 0 atom stereocenters. The van der Waals surface area contributed by atoms with Gasteiger partial charge in [0.15, 0.2) is 0 Å². The fourth-order valence-corrected chi connectivity index (χ4v) is 1.04. The summed E-state index contributed by atoms with van der Waals surface area (Å²) in [6.45, 7) is 1.76. The van der Waals surface area contributed by atoms with Crippen LogP contribution in [0.3, 0.4) is 0 Å². The molecule has 0 aliphatic heterocycles. The van der Waals surface area contributed by atoms with Crippen LogP contribution in [0.1, 0.15) is 25.3 Å². The summed E-state index contributed by atoms with van der Waals surface area (Å²) in [5.74, 6) is -0.899. The Morgan fingerprint density at radius 1 is 1.24 bits per heavy atom. The first-order valence-electron chi connectivity index (χ1n) is 5.42. The maximum atomic E-state index is 10.2. The van der Waals surface area contributed by atoms with E-state index in [1.54, 1.807) is 6.92 Å². The SMILES string of the molecule is CCC(=O)OC.O=C(O)CCc1ccccc1. The van der Waals surface area contributed by atoms with Gasteiger partial charge in [0.2, 0.25) is 0 Å². The summed E-state index contributed by atoms with van der Waals surface area (Å²) < 4.78 is 4.26. The summed E-state index contributed by atoms with van der Waals surface area (Å²) in [4.78, 5) is 20.1. The average molecular weight is 238 g/mol. The van der Waals surface area contributed by atoms with Gasteiger partial charge in [-0.05, 0) is 12.0 Å². The molecule has 1 rings (SSSR count). The minimum absolute atomic E-state index is 0.157. The number of benzene rings is 1. The van der Waals surface area contributed by atoms with E-state index in [0.29, 0.717) is 12.8 Å². The van der Waals surface area contributed by atoms with Crippen LogP contribution in [0.15, 0.2) is 30.3 Å². The Kier molecular flexibility index (Phi) is 8.37. The Balaban J connectivity index is 0.000000366. The van der Waals surface area contributed by atoms with E-state index in [1.165, 1.54) is 7.11 Å². The molecule has 1 N–H and O–H groups in total. The highest BCUT2D eigenvalue weighted by atomic mass is 16.5. The van der Waals surface area contributed by atoms with E-state index in [9.17, 15) is 9.59 Å². The van der Waals surface area contributed by atoms with E-state index in [-0.39, 0.29) is 12.4 Å². The van der Waals surface area contributed by atoms with Gasteiger partial charge in [0.25, 0.3) is 0 Å². The second-order valence-electron chi connectivity index (χ2n) is 3.31. The first-order chi connectivity index (χ1) is 8.10. The molecule has 0 saturated carbocycles. The lowest BCUT2D eigenvalue weighted by Crippen LogP contribution is -1.96. The summed E-state index contributed by atoms with van der Waals surface area (Å²) in [6, 6.07) is 9.62. The molecule has 0 aliphatic carbocycles. The van der Waals surface area contributed by atoms with Gasteiger partial charge < -0.3 is 9.84 Å². The van der Waals surface area contributed by atoms with Crippen LogP contribution >= 0.6 is 0 Å². The third-order valence-electron chi connectivity index (χ3n) is 1.99. The van der Waals surface area contributed by atoms with Gasteiger partial charge in [0.05, 0.1) is 7.11 Å². The van der Waals surface area contributed by atoms with Crippen molar-refractivity contribution < 1.29 is 19.4 Å². The van der Waals surface area contributed by atoms with Crippen molar-refractivity contribution in [2.75, 3.05) is 7.11 Å². The largest absolute Gasteiger partial charge is 0.481 e. The van der Waals surface area contributed by atoms with Gasteiger partial charge in [0.1, 0.15) is 0 Å². The number of carbonyl (C=O) groups is 2. The monoisotopic (exact) mass is 238 g/mol. The summed E-state index contributed by atoms with van der Waals surface area (Å²) in [6.07, 6.45) is 1.30. The van der Waals surface area contributed by atoms with E-state index >= 15 is 0 Å². The van der Waals surface area contributed by atoms with Gasteiger partial charge in [-0.25, -0.2) is 0 Å². The minimum Gasteiger partial charge on any atom is -0.481 e. The lowest BCUT2D eigenvalue weighted by molar-refractivity contribution is -0.140. The van der Waals surface area contributed by atoms with Crippen molar-refractivity contribution in [2.24, 2.45) is 0 Å². The smallest absolute Gasteiger partial charge is 0.305 e. The number of aliphatic carboxylic acids is 1. The standard InChI is InChI=1S/C9H10O2.C4H8O2/c10-9(11)7-6-8-4-2-1-3-5-8;1-3-4(5)6-2/h1-5H,6-7H2,(H,10,11);3H2,1-2H3. The summed E-state index contributed by atoms with van der Waals surface area (Å²) >= 11 is 0. The number of aryl methyl sites for hydroxylation is 1. The van der Waals surface area contributed by atoms with E-state index in [0.717, 1.165) is 5.56 Å². The van der Waals surface area contributed by atoms with Crippen molar-refractivity contribution >= 4 is 11.9 Å². The van der Waals surface area contributed by atoms with Gasteiger partial charge in [-0.1, -0.05) is 37.3 Å². The van der Waals surface area contributed by atoms with Crippen LogP contribution in [0.5, 0.6) is 0 Å². The lowest BCUT2D eigenvalue weighted by Gasteiger charge is -1.95. The first-order valence-corrected chi connectivity index (χ1v) is 5.42. The summed E-state index contributed by atoms with van der Waals surface area (Å²) in [7, 11) is 1.38. The highest BCUT2D eigenvalue weighted by Crippen LogP contribution is 2.01. The van der Waals surface area contributed by atoms with Crippen LogP contribution in [-0.4, -0.2) is 24.2 Å². The number of rotatable bonds is 4. The van der Waals surface area contributed by atoms with E-state index in [4.69, 9.17) is 5.11 Å². The van der Waals surface area contributed by atoms with Gasteiger partial charge >= 0.3 is 11.9 Å². The van der Waals surface area contributed by atoms with Crippen LogP contribution in [0.4, 0.5) is 0 Å². The Labute approximate surface area is 101 Å². The molecule has 4 heteroatoms. The molecule has 0 bridgehead atoms. The number of carboxylic acid groups (broad SMARTS) is 1. The maximum absolute atomic E-state index is 10.2. The molecule has 0 aliphatic rings. The maximum Gasteiger partial charge on any atom is 0.305 e. The zero-order chi connectivity index (χ0) is 13.1. The molecular formula is C13H18O4. The molecule has 17 heavy (non-hydrogen) atoms. The number of hydrogen-bond donors (Lipinski definition) is 1. The Hall–Kier alpha value is -1.84. The fraction of sp³-hybridized carbons (Fsp3) is 0.385. The molecule has 94 valence electrons. The molecule has 0 radical (unpaired) electrons. The second-order valence-corrected chi connectivity index (χ2v) is 3.31. The number of carboxylic acids is 1. The Bertz CT molecular complexity index is 327. The van der Waals surface area contributed by atoms with Crippen LogP contribution < -0.4 is 0 Å².